The fourth-order valence-electron chi connectivity index (χ4n) is 2.30. The van der Waals surface area contributed by atoms with Gasteiger partial charge in [0, 0.05) is 33.0 Å². The van der Waals surface area contributed by atoms with E-state index in [-0.39, 0.29) is 5.91 Å². The van der Waals surface area contributed by atoms with Gasteiger partial charge in [0.2, 0.25) is 5.95 Å². The molecule has 0 spiro atoms. The Labute approximate surface area is 147 Å². The summed E-state index contributed by atoms with van der Waals surface area (Å²) in [5.74, 6) is 1.07. The number of aromatic nitrogens is 2. The fourth-order valence-corrected chi connectivity index (χ4v) is 2.30. The molecule has 0 bridgehead atoms. The molecule has 2 aromatic rings. The first-order valence-corrected chi connectivity index (χ1v) is 8.20. The Bertz CT molecular complexity index is 679. The number of hydrogen-bond donors (Lipinski definition) is 2. The molecular weight excluding hydrogens is 320 g/mol. The van der Waals surface area contributed by atoms with Crippen molar-refractivity contribution >= 4 is 11.9 Å². The number of rotatable bonds is 10. The van der Waals surface area contributed by atoms with Gasteiger partial charge in [0.25, 0.3) is 5.91 Å². The minimum Gasteiger partial charge on any atom is -0.496 e. The van der Waals surface area contributed by atoms with Gasteiger partial charge in [0.05, 0.1) is 7.11 Å². The lowest BCUT2D eigenvalue weighted by atomic mass is 10.1. The van der Waals surface area contributed by atoms with Gasteiger partial charge in [0.1, 0.15) is 11.4 Å². The van der Waals surface area contributed by atoms with Crippen molar-refractivity contribution in [3.8, 4) is 5.75 Å². The number of methoxy groups -OCH3 is 2. The Morgan fingerprint density at radius 2 is 2.00 bits per heavy atom. The monoisotopic (exact) mass is 344 g/mol. The molecule has 0 aliphatic carbocycles. The number of benzene rings is 1. The van der Waals surface area contributed by atoms with Gasteiger partial charge < -0.3 is 20.1 Å². The van der Waals surface area contributed by atoms with Gasteiger partial charge in [-0.15, -0.1) is 0 Å². The minimum absolute atomic E-state index is 0.216. The Kier molecular flexibility index (Phi) is 7.65. The number of ether oxygens (including phenoxy) is 2. The predicted molar refractivity (Wildman–Crippen MR) is 96.0 cm³/mol. The molecule has 0 unspecified atom stereocenters. The van der Waals surface area contributed by atoms with Crippen LogP contribution in [-0.4, -0.2) is 49.8 Å². The van der Waals surface area contributed by atoms with Crippen LogP contribution in [0.4, 0.5) is 5.95 Å². The average Bonchev–Trinajstić information content (AvgIpc) is 2.65. The van der Waals surface area contributed by atoms with Gasteiger partial charge in [0.15, 0.2) is 0 Å². The lowest BCUT2D eigenvalue weighted by Crippen LogP contribution is -2.26. The zero-order valence-electron chi connectivity index (χ0n) is 14.6. The summed E-state index contributed by atoms with van der Waals surface area (Å²) < 4.78 is 10.3. The highest BCUT2D eigenvalue weighted by atomic mass is 16.5. The number of carbonyl (C=O) groups is 1. The second-order valence-electron chi connectivity index (χ2n) is 5.36. The third-order valence-corrected chi connectivity index (χ3v) is 3.57. The quantitative estimate of drug-likeness (QED) is 0.641. The SMILES string of the molecule is COCCCNC(=O)c1ccnc(NCCc2ccccc2OC)n1. The van der Waals surface area contributed by atoms with E-state index in [9.17, 15) is 4.79 Å². The number of hydrogen-bond acceptors (Lipinski definition) is 6. The summed E-state index contributed by atoms with van der Waals surface area (Å²) in [6, 6.07) is 9.46. The van der Waals surface area contributed by atoms with Crippen LogP contribution >= 0.6 is 0 Å². The summed E-state index contributed by atoms with van der Waals surface area (Å²) in [4.78, 5) is 20.5. The first-order valence-electron chi connectivity index (χ1n) is 8.20. The van der Waals surface area contributed by atoms with E-state index in [4.69, 9.17) is 9.47 Å². The molecular formula is C18H24N4O3. The van der Waals surface area contributed by atoms with Crippen LogP contribution in [0.25, 0.3) is 0 Å². The number of para-hydroxylation sites is 1. The van der Waals surface area contributed by atoms with E-state index < -0.39 is 0 Å². The third-order valence-electron chi connectivity index (χ3n) is 3.57. The average molecular weight is 344 g/mol. The molecule has 2 rings (SSSR count). The van der Waals surface area contributed by atoms with E-state index in [2.05, 4.69) is 20.6 Å². The predicted octanol–water partition coefficient (Wildman–Crippen LogP) is 1.91. The number of amides is 1. The Balaban J connectivity index is 1.85. The van der Waals surface area contributed by atoms with Crippen molar-refractivity contribution in [2.45, 2.75) is 12.8 Å². The Hall–Kier alpha value is -2.67. The molecule has 1 amide bonds. The van der Waals surface area contributed by atoms with Crippen LogP contribution < -0.4 is 15.4 Å². The van der Waals surface area contributed by atoms with Crippen molar-refractivity contribution in [2.75, 3.05) is 39.2 Å². The maximum atomic E-state index is 12.1. The summed E-state index contributed by atoms with van der Waals surface area (Å²) in [6.07, 6.45) is 3.10. The van der Waals surface area contributed by atoms with Crippen molar-refractivity contribution in [2.24, 2.45) is 0 Å². The van der Waals surface area contributed by atoms with Crippen molar-refractivity contribution in [3.05, 3.63) is 47.8 Å². The lowest BCUT2D eigenvalue weighted by Gasteiger charge is -2.09. The summed E-state index contributed by atoms with van der Waals surface area (Å²) in [5.41, 5.74) is 1.44. The highest BCUT2D eigenvalue weighted by Gasteiger charge is 2.08. The second kappa shape index (κ2) is 10.2. The maximum absolute atomic E-state index is 12.1. The number of carbonyl (C=O) groups excluding carboxylic acids is 1. The Morgan fingerprint density at radius 3 is 2.80 bits per heavy atom. The minimum atomic E-state index is -0.216. The van der Waals surface area contributed by atoms with Crippen molar-refractivity contribution in [1.29, 1.82) is 0 Å². The van der Waals surface area contributed by atoms with Crippen LogP contribution in [0, 0.1) is 0 Å². The Morgan fingerprint density at radius 1 is 1.16 bits per heavy atom. The topological polar surface area (TPSA) is 85.4 Å². The van der Waals surface area contributed by atoms with E-state index in [1.807, 2.05) is 24.3 Å². The van der Waals surface area contributed by atoms with Gasteiger partial charge in [-0.1, -0.05) is 18.2 Å². The highest BCUT2D eigenvalue weighted by molar-refractivity contribution is 5.92. The molecule has 7 heteroatoms. The summed E-state index contributed by atoms with van der Waals surface area (Å²) in [7, 11) is 3.29. The third kappa shape index (κ3) is 6.04. The van der Waals surface area contributed by atoms with Gasteiger partial charge in [-0.3, -0.25) is 4.79 Å². The second-order valence-corrected chi connectivity index (χ2v) is 5.36. The number of anilines is 1. The molecule has 1 heterocycles. The van der Waals surface area contributed by atoms with Gasteiger partial charge in [-0.25, -0.2) is 9.97 Å². The van der Waals surface area contributed by atoms with Crippen molar-refractivity contribution in [3.63, 3.8) is 0 Å². The molecule has 1 aromatic carbocycles. The molecule has 0 aliphatic heterocycles. The van der Waals surface area contributed by atoms with Crippen LogP contribution in [0.5, 0.6) is 5.75 Å². The first kappa shape index (κ1) is 18.7. The van der Waals surface area contributed by atoms with E-state index >= 15 is 0 Å². The summed E-state index contributed by atoms with van der Waals surface area (Å²) >= 11 is 0. The normalized spacial score (nSPS) is 10.3. The highest BCUT2D eigenvalue weighted by Crippen LogP contribution is 2.17. The molecule has 25 heavy (non-hydrogen) atoms. The zero-order valence-corrected chi connectivity index (χ0v) is 14.6. The fraction of sp³-hybridized carbons (Fsp3) is 0.389. The molecule has 0 radical (unpaired) electrons. The molecule has 2 N–H and O–H groups in total. The van der Waals surface area contributed by atoms with E-state index in [0.717, 1.165) is 24.2 Å². The van der Waals surface area contributed by atoms with Crippen LogP contribution in [0.3, 0.4) is 0 Å². The molecule has 0 saturated carbocycles. The van der Waals surface area contributed by atoms with Gasteiger partial charge in [-0.05, 0) is 30.5 Å². The molecule has 0 saturated heterocycles. The molecule has 1 aromatic heterocycles. The maximum Gasteiger partial charge on any atom is 0.270 e. The van der Waals surface area contributed by atoms with Gasteiger partial charge in [-0.2, -0.15) is 0 Å². The standard InChI is InChI=1S/C18H24N4O3/c1-24-13-5-10-19-17(23)15-9-12-21-18(22-15)20-11-8-14-6-3-4-7-16(14)25-2/h3-4,6-7,9,12H,5,8,10-11,13H2,1-2H3,(H,19,23)(H,20,21,22). The zero-order chi connectivity index (χ0) is 17.9. The lowest BCUT2D eigenvalue weighted by molar-refractivity contribution is 0.0943. The summed E-state index contributed by atoms with van der Waals surface area (Å²) in [5, 5.41) is 5.94. The van der Waals surface area contributed by atoms with Crippen molar-refractivity contribution in [1.82, 2.24) is 15.3 Å². The van der Waals surface area contributed by atoms with Crippen molar-refractivity contribution < 1.29 is 14.3 Å². The van der Waals surface area contributed by atoms with E-state index in [0.29, 0.717) is 31.3 Å². The van der Waals surface area contributed by atoms with Crippen LogP contribution in [0.15, 0.2) is 36.5 Å². The largest absolute Gasteiger partial charge is 0.496 e. The molecule has 0 atom stereocenters. The van der Waals surface area contributed by atoms with Crippen LogP contribution in [-0.2, 0) is 11.2 Å². The molecule has 0 fully saturated rings. The van der Waals surface area contributed by atoms with Crippen LogP contribution in [0.2, 0.25) is 0 Å². The smallest absolute Gasteiger partial charge is 0.270 e. The van der Waals surface area contributed by atoms with Crippen LogP contribution in [0.1, 0.15) is 22.5 Å². The first-order chi connectivity index (χ1) is 12.2. The number of nitrogens with one attached hydrogen (secondary N) is 2. The molecule has 134 valence electrons. The number of nitrogens with zero attached hydrogens (tertiary/aromatic N) is 2. The van der Waals surface area contributed by atoms with Gasteiger partial charge >= 0.3 is 0 Å². The summed E-state index contributed by atoms with van der Waals surface area (Å²) in [6.45, 7) is 1.80. The molecule has 7 nitrogen and oxygen atoms in total. The molecule has 0 aliphatic rings. The van der Waals surface area contributed by atoms with E-state index in [1.54, 1.807) is 26.5 Å². The van der Waals surface area contributed by atoms with E-state index in [1.165, 1.54) is 0 Å².